The molecule has 4 nitrogen and oxygen atoms in total. The van der Waals surface area contributed by atoms with Gasteiger partial charge in [-0.1, -0.05) is 0 Å². The largest absolute Gasteiger partial charge is 0.342 e. The van der Waals surface area contributed by atoms with Crippen LogP contribution in [0.1, 0.15) is 38.4 Å². The Morgan fingerprint density at radius 3 is 2.94 bits per heavy atom. The van der Waals surface area contributed by atoms with Crippen LogP contribution in [0.25, 0.3) is 0 Å². The maximum atomic E-state index is 5.79. The first-order valence-corrected chi connectivity index (χ1v) is 6.62. The van der Waals surface area contributed by atoms with Crippen molar-refractivity contribution >= 4 is 5.95 Å². The molecular weight excluding hydrogens is 212 g/mol. The molecule has 0 spiro atoms. The summed E-state index contributed by atoms with van der Waals surface area (Å²) in [6.45, 7) is 9.42. The van der Waals surface area contributed by atoms with Crippen LogP contribution in [-0.2, 0) is 0 Å². The van der Waals surface area contributed by atoms with Crippen molar-refractivity contribution in [1.29, 1.82) is 0 Å². The van der Waals surface area contributed by atoms with Gasteiger partial charge in [0.2, 0.25) is 5.95 Å². The fourth-order valence-corrected chi connectivity index (χ4v) is 2.56. The van der Waals surface area contributed by atoms with Crippen LogP contribution in [0.4, 0.5) is 5.95 Å². The first kappa shape index (κ1) is 12.4. The topological polar surface area (TPSA) is 47.1 Å². The van der Waals surface area contributed by atoms with Crippen molar-refractivity contribution in [3.8, 4) is 0 Å². The van der Waals surface area contributed by atoms with Gasteiger partial charge in [0.05, 0.1) is 5.69 Å². The van der Waals surface area contributed by atoms with Gasteiger partial charge in [-0.05, 0) is 46.1 Å². The number of piperidine rings is 1. The minimum Gasteiger partial charge on any atom is -0.342 e. The van der Waals surface area contributed by atoms with E-state index in [4.69, 9.17) is 5.73 Å². The summed E-state index contributed by atoms with van der Waals surface area (Å²) < 4.78 is 2.27. The fraction of sp³-hybridized carbons (Fsp3) is 0.769. The molecule has 1 aromatic rings. The Kier molecular flexibility index (Phi) is 3.72. The molecule has 96 valence electrons. The third-order valence-electron chi connectivity index (χ3n) is 3.52. The molecule has 2 rings (SSSR count). The normalized spacial score (nSPS) is 21.2. The Morgan fingerprint density at radius 1 is 1.53 bits per heavy atom. The Balaban J connectivity index is 2.20. The quantitative estimate of drug-likeness (QED) is 0.872. The van der Waals surface area contributed by atoms with Gasteiger partial charge in [-0.25, -0.2) is 4.98 Å². The highest BCUT2D eigenvalue weighted by molar-refractivity contribution is 5.34. The Hall–Kier alpha value is -1.03. The zero-order valence-electron chi connectivity index (χ0n) is 11.2. The van der Waals surface area contributed by atoms with E-state index in [2.05, 4.69) is 41.4 Å². The molecule has 1 aliphatic rings. The molecule has 2 heterocycles. The molecule has 0 aromatic carbocycles. The summed E-state index contributed by atoms with van der Waals surface area (Å²) >= 11 is 0. The summed E-state index contributed by atoms with van der Waals surface area (Å²) in [4.78, 5) is 7.07. The average molecular weight is 236 g/mol. The summed E-state index contributed by atoms with van der Waals surface area (Å²) in [6.07, 6.45) is 4.63. The van der Waals surface area contributed by atoms with Crippen LogP contribution in [0.5, 0.6) is 0 Å². The lowest BCUT2D eigenvalue weighted by atomic mass is 9.99. The van der Waals surface area contributed by atoms with Crippen LogP contribution >= 0.6 is 0 Å². The highest BCUT2D eigenvalue weighted by Gasteiger charge is 2.23. The smallest absolute Gasteiger partial charge is 0.205 e. The Bertz CT molecular complexity index is 369. The van der Waals surface area contributed by atoms with E-state index in [1.165, 1.54) is 12.8 Å². The molecule has 2 N–H and O–H groups in total. The minimum atomic E-state index is 0.462. The third kappa shape index (κ3) is 2.63. The van der Waals surface area contributed by atoms with Crippen molar-refractivity contribution in [2.24, 2.45) is 11.7 Å². The molecule has 4 heteroatoms. The lowest BCUT2D eigenvalue weighted by Gasteiger charge is -2.33. The SMILES string of the molecule is Cc1cn(C(C)C)c(N2CCCC(CN)C2)n1. The summed E-state index contributed by atoms with van der Waals surface area (Å²) in [5.74, 6) is 1.75. The molecule has 1 aliphatic heterocycles. The van der Waals surface area contributed by atoms with Crippen molar-refractivity contribution in [2.75, 3.05) is 24.5 Å². The van der Waals surface area contributed by atoms with Crippen LogP contribution in [0.15, 0.2) is 6.20 Å². The maximum absolute atomic E-state index is 5.79. The Labute approximate surface area is 104 Å². The number of aryl methyl sites for hydroxylation is 1. The molecule has 1 fully saturated rings. The van der Waals surface area contributed by atoms with Gasteiger partial charge in [-0.15, -0.1) is 0 Å². The molecule has 0 radical (unpaired) electrons. The van der Waals surface area contributed by atoms with Crippen LogP contribution in [0.2, 0.25) is 0 Å². The van der Waals surface area contributed by atoms with Gasteiger partial charge in [0.1, 0.15) is 0 Å². The van der Waals surface area contributed by atoms with Gasteiger partial charge >= 0.3 is 0 Å². The summed E-state index contributed by atoms with van der Waals surface area (Å²) in [5.41, 5.74) is 6.89. The van der Waals surface area contributed by atoms with Crippen molar-refractivity contribution in [3.63, 3.8) is 0 Å². The molecular formula is C13H24N4. The number of anilines is 1. The number of rotatable bonds is 3. The lowest BCUT2D eigenvalue weighted by molar-refractivity contribution is 0.413. The Morgan fingerprint density at radius 2 is 2.29 bits per heavy atom. The van der Waals surface area contributed by atoms with E-state index in [1.54, 1.807) is 0 Å². The van der Waals surface area contributed by atoms with Gasteiger partial charge in [0.25, 0.3) is 0 Å². The van der Waals surface area contributed by atoms with E-state index >= 15 is 0 Å². The predicted octanol–water partition coefficient (Wildman–Crippen LogP) is 1.95. The van der Waals surface area contributed by atoms with E-state index in [0.29, 0.717) is 12.0 Å². The molecule has 0 amide bonds. The molecule has 0 bridgehead atoms. The van der Waals surface area contributed by atoms with Crippen molar-refractivity contribution in [2.45, 2.75) is 39.7 Å². The van der Waals surface area contributed by atoms with Gasteiger partial charge in [0.15, 0.2) is 0 Å². The molecule has 1 unspecified atom stereocenters. The zero-order valence-corrected chi connectivity index (χ0v) is 11.2. The number of nitrogens with two attached hydrogens (primary N) is 1. The fourth-order valence-electron chi connectivity index (χ4n) is 2.56. The van der Waals surface area contributed by atoms with Crippen LogP contribution in [-0.4, -0.2) is 29.2 Å². The lowest BCUT2D eigenvalue weighted by Crippen LogP contribution is -2.39. The first-order valence-electron chi connectivity index (χ1n) is 6.62. The summed E-state index contributed by atoms with van der Waals surface area (Å²) in [6, 6.07) is 0.462. The van der Waals surface area contributed by atoms with Crippen LogP contribution in [0, 0.1) is 12.8 Å². The van der Waals surface area contributed by atoms with E-state index in [1.807, 2.05) is 0 Å². The first-order chi connectivity index (χ1) is 8.11. The van der Waals surface area contributed by atoms with Crippen molar-refractivity contribution < 1.29 is 0 Å². The zero-order chi connectivity index (χ0) is 12.4. The average Bonchev–Trinajstić information content (AvgIpc) is 2.72. The highest BCUT2D eigenvalue weighted by Crippen LogP contribution is 2.24. The number of hydrogen-bond donors (Lipinski definition) is 1. The van der Waals surface area contributed by atoms with E-state index < -0.39 is 0 Å². The molecule has 0 saturated carbocycles. The third-order valence-corrected chi connectivity index (χ3v) is 3.52. The van der Waals surface area contributed by atoms with Crippen LogP contribution in [0.3, 0.4) is 0 Å². The van der Waals surface area contributed by atoms with Crippen molar-refractivity contribution in [1.82, 2.24) is 9.55 Å². The summed E-state index contributed by atoms with van der Waals surface area (Å²) in [7, 11) is 0. The number of aromatic nitrogens is 2. The van der Waals surface area contributed by atoms with Crippen molar-refractivity contribution in [3.05, 3.63) is 11.9 Å². The summed E-state index contributed by atoms with van der Waals surface area (Å²) in [5, 5.41) is 0. The molecule has 1 aromatic heterocycles. The van der Waals surface area contributed by atoms with E-state index in [-0.39, 0.29) is 0 Å². The van der Waals surface area contributed by atoms with Gasteiger partial charge in [-0.2, -0.15) is 0 Å². The molecule has 17 heavy (non-hydrogen) atoms. The second kappa shape index (κ2) is 5.08. The van der Waals surface area contributed by atoms with Gasteiger partial charge in [-0.3, -0.25) is 0 Å². The standard InChI is InChI=1S/C13H24N4/c1-10(2)17-8-11(3)15-13(17)16-6-4-5-12(7-14)9-16/h8,10,12H,4-7,9,14H2,1-3H3. The predicted molar refractivity (Wildman–Crippen MR) is 71.3 cm³/mol. The van der Waals surface area contributed by atoms with Gasteiger partial charge in [0, 0.05) is 25.3 Å². The number of imidazole rings is 1. The number of hydrogen-bond acceptors (Lipinski definition) is 3. The molecule has 0 aliphatic carbocycles. The van der Waals surface area contributed by atoms with Gasteiger partial charge < -0.3 is 15.2 Å². The maximum Gasteiger partial charge on any atom is 0.205 e. The van der Waals surface area contributed by atoms with Crippen LogP contribution < -0.4 is 10.6 Å². The second-order valence-electron chi connectivity index (χ2n) is 5.37. The monoisotopic (exact) mass is 236 g/mol. The highest BCUT2D eigenvalue weighted by atomic mass is 15.3. The minimum absolute atomic E-state index is 0.462. The second-order valence-corrected chi connectivity index (χ2v) is 5.37. The van der Waals surface area contributed by atoms with E-state index in [9.17, 15) is 0 Å². The van der Waals surface area contributed by atoms with E-state index in [0.717, 1.165) is 31.3 Å². The molecule has 1 saturated heterocycles. The number of nitrogens with zero attached hydrogens (tertiary/aromatic N) is 3. The molecule has 1 atom stereocenters.